The Labute approximate surface area is 141 Å². The summed E-state index contributed by atoms with van der Waals surface area (Å²) < 4.78 is 41.7. The van der Waals surface area contributed by atoms with Crippen molar-refractivity contribution in [3.05, 3.63) is 29.6 Å². The largest absolute Gasteiger partial charge is 0.379 e. The third-order valence-electron chi connectivity index (χ3n) is 3.83. The molecule has 1 aliphatic heterocycles. The molecule has 8 heteroatoms. The molecule has 0 bridgehead atoms. The predicted octanol–water partition coefficient (Wildman–Crippen LogP) is 1.28. The van der Waals surface area contributed by atoms with Gasteiger partial charge in [-0.05, 0) is 23.8 Å². The number of anilines is 1. The molecule has 1 saturated heterocycles. The van der Waals surface area contributed by atoms with Crippen LogP contribution >= 0.6 is 0 Å². The Morgan fingerprint density at radius 1 is 1.38 bits per heavy atom. The van der Waals surface area contributed by atoms with E-state index in [4.69, 9.17) is 4.74 Å². The van der Waals surface area contributed by atoms with Crippen LogP contribution in [0.1, 0.15) is 12.5 Å². The molecule has 1 heterocycles. The SMILES string of the molecule is C[C@@H](CN1CCOCC1)C(=O)Nc1ccc(F)cc1CS(C)(=O)=O. The average molecular weight is 358 g/mol. The number of amides is 1. The zero-order valence-corrected chi connectivity index (χ0v) is 14.7. The van der Waals surface area contributed by atoms with Crippen molar-refractivity contribution < 1.29 is 22.3 Å². The van der Waals surface area contributed by atoms with Crippen LogP contribution in [0.2, 0.25) is 0 Å². The van der Waals surface area contributed by atoms with Crippen molar-refractivity contribution in [2.24, 2.45) is 5.92 Å². The van der Waals surface area contributed by atoms with E-state index in [1.807, 2.05) is 6.92 Å². The van der Waals surface area contributed by atoms with E-state index in [2.05, 4.69) is 10.2 Å². The van der Waals surface area contributed by atoms with E-state index in [1.54, 1.807) is 0 Å². The van der Waals surface area contributed by atoms with Gasteiger partial charge in [-0.1, -0.05) is 6.92 Å². The fourth-order valence-electron chi connectivity index (χ4n) is 2.60. The second kappa shape index (κ2) is 8.04. The van der Waals surface area contributed by atoms with Crippen LogP contribution in [0, 0.1) is 11.7 Å². The summed E-state index contributed by atoms with van der Waals surface area (Å²) in [5, 5.41) is 2.72. The molecule has 0 unspecified atom stereocenters. The van der Waals surface area contributed by atoms with Gasteiger partial charge in [-0.25, -0.2) is 12.8 Å². The first-order chi connectivity index (χ1) is 11.2. The number of hydrogen-bond acceptors (Lipinski definition) is 5. The number of nitrogens with one attached hydrogen (secondary N) is 1. The summed E-state index contributed by atoms with van der Waals surface area (Å²) in [5.41, 5.74) is 0.588. The molecule has 0 aromatic heterocycles. The minimum absolute atomic E-state index is 0.220. The first kappa shape index (κ1) is 18.8. The predicted molar refractivity (Wildman–Crippen MR) is 90.0 cm³/mol. The van der Waals surface area contributed by atoms with Crippen LogP contribution in [0.15, 0.2) is 18.2 Å². The van der Waals surface area contributed by atoms with E-state index < -0.39 is 15.7 Å². The number of hydrogen-bond donors (Lipinski definition) is 1. The second-order valence-corrected chi connectivity index (χ2v) is 8.32. The van der Waals surface area contributed by atoms with Crippen molar-refractivity contribution in [2.45, 2.75) is 12.7 Å². The van der Waals surface area contributed by atoms with Crippen LogP contribution in [0.3, 0.4) is 0 Å². The summed E-state index contributed by atoms with van der Waals surface area (Å²) in [6.45, 7) is 5.29. The van der Waals surface area contributed by atoms with Crippen LogP contribution in [-0.4, -0.2) is 58.3 Å². The van der Waals surface area contributed by atoms with E-state index in [9.17, 15) is 17.6 Å². The summed E-state index contributed by atoms with van der Waals surface area (Å²) in [4.78, 5) is 14.5. The summed E-state index contributed by atoms with van der Waals surface area (Å²) in [7, 11) is -3.34. The Kier molecular flexibility index (Phi) is 6.31. The van der Waals surface area contributed by atoms with Gasteiger partial charge in [0.1, 0.15) is 5.82 Å². The Morgan fingerprint density at radius 2 is 2.04 bits per heavy atom. The molecule has 0 spiro atoms. The summed E-state index contributed by atoms with van der Waals surface area (Å²) >= 11 is 0. The van der Waals surface area contributed by atoms with E-state index >= 15 is 0 Å². The highest BCUT2D eigenvalue weighted by Gasteiger charge is 2.20. The maximum atomic E-state index is 13.4. The summed E-state index contributed by atoms with van der Waals surface area (Å²) in [6.07, 6.45) is 1.07. The van der Waals surface area contributed by atoms with Gasteiger partial charge in [0.05, 0.1) is 19.0 Å². The number of carbonyl (C=O) groups excluding carboxylic acids is 1. The number of rotatable bonds is 6. The van der Waals surface area contributed by atoms with Crippen molar-refractivity contribution in [3.8, 4) is 0 Å². The number of ether oxygens (including phenoxy) is 1. The lowest BCUT2D eigenvalue weighted by molar-refractivity contribution is -0.120. The Bertz CT molecular complexity index is 687. The molecule has 24 heavy (non-hydrogen) atoms. The number of benzene rings is 1. The van der Waals surface area contributed by atoms with Crippen molar-refractivity contribution >= 4 is 21.4 Å². The number of nitrogens with zero attached hydrogens (tertiary/aromatic N) is 1. The van der Waals surface area contributed by atoms with Crippen molar-refractivity contribution in [2.75, 3.05) is 44.4 Å². The van der Waals surface area contributed by atoms with Crippen molar-refractivity contribution in [1.29, 1.82) is 0 Å². The molecule has 1 atom stereocenters. The molecular formula is C16H23FN2O4S. The van der Waals surface area contributed by atoms with Crippen molar-refractivity contribution in [3.63, 3.8) is 0 Å². The lowest BCUT2D eigenvalue weighted by Gasteiger charge is -2.28. The Hall–Kier alpha value is -1.51. The summed E-state index contributed by atoms with van der Waals surface area (Å²) in [6, 6.07) is 3.74. The number of sulfone groups is 1. The van der Waals surface area contributed by atoms with Gasteiger partial charge in [0.2, 0.25) is 5.91 Å². The first-order valence-corrected chi connectivity index (χ1v) is 9.88. The van der Waals surface area contributed by atoms with E-state index in [0.717, 1.165) is 25.4 Å². The molecule has 1 fully saturated rings. The van der Waals surface area contributed by atoms with Crippen LogP contribution in [0.5, 0.6) is 0 Å². The lowest BCUT2D eigenvalue weighted by atomic mass is 10.1. The minimum Gasteiger partial charge on any atom is -0.379 e. The fraction of sp³-hybridized carbons (Fsp3) is 0.562. The normalized spacial score (nSPS) is 17.5. The molecule has 2 rings (SSSR count). The maximum absolute atomic E-state index is 13.4. The molecule has 1 aliphatic rings. The number of halogens is 1. The maximum Gasteiger partial charge on any atom is 0.228 e. The molecule has 6 nitrogen and oxygen atoms in total. The molecule has 1 aromatic rings. The third kappa shape index (κ3) is 5.85. The second-order valence-electron chi connectivity index (χ2n) is 6.17. The van der Waals surface area contributed by atoms with E-state index in [0.29, 0.717) is 25.4 Å². The molecule has 134 valence electrons. The van der Waals surface area contributed by atoms with Gasteiger partial charge in [0.25, 0.3) is 0 Å². The zero-order chi connectivity index (χ0) is 17.7. The third-order valence-corrected chi connectivity index (χ3v) is 4.66. The zero-order valence-electron chi connectivity index (χ0n) is 13.9. The van der Waals surface area contributed by atoms with Gasteiger partial charge in [0.15, 0.2) is 9.84 Å². The highest BCUT2D eigenvalue weighted by molar-refractivity contribution is 7.89. The average Bonchev–Trinajstić information content (AvgIpc) is 2.49. The Morgan fingerprint density at radius 3 is 2.67 bits per heavy atom. The highest BCUT2D eigenvalue weighted by atomic mass is 32.2. The molecule has 0 aliphatic carbocycles. The van der Waals surface area contributed by atoms with E-state index in [1.165, 1.54) is 12.1 Å². The van der Waals surface area contributed by atoms with Crippen LogP contribution in [0.4, 0.5) is 10.1 Å². The quantitative estimate of drug-likeness (QED) is 0.829. The number of morpholine rings is 1. The molecule has 1 amide bonds. The van der Waals surface area contributed by atoms with Gasteiger partial charge in [-0.15, -0.1) is 0 Å². The number of carbonyl (C=O) groups is 1. The van der Waals surface area contributed by atoms with Gasteiger partial charge >= 0.3 is 0 Å². The highest BCUT2D eigenvalue weighted by Crippen LogP contribution is 2.20. The lowest BCUT2D eigenvalue weighted by Crippen LogP contribution is -2.41. The van der Waals surface area contributed by atoms with Crippen LogP contribution in [0.25, 0.3) is 0 Å². The fourth-order valence-corrected chi connectivity index (χ4v) is 3.40. The molecule has 1 aromatic carbocycles. The monoisotopic (exact) mass is 358 g/mol. The van der Waals surface area contributed by atoms with Gasteiger partial charge < -0.3 is 10.1 Å². The molecular weight excluding hydrogens is 335 g/mol. The van der Waals surface area contributed by atoms with Gasteiger partial charge in [-0.3, -0.25) is 9.69 Å². The molecule has 0 saturated carbocycles. The first-order valence-electron chi connectivity index (χ1n) is 7.82. The minimum atomic E-state index is -3.34. The van der Waals surface area contributed by atoms with E-state index in [-0.39, 0.29) is 23.1 Å². The van der Waals surface area contributed by atoms with Gasteiger partial charge in [0, 0.05) is 37.5 Å². The van der Waals surface area contributed by atoms with Crippen LogP contribution in [-0.2, 0) is 25.1 Å². The van der Waals surface area contributed by atoms with Crippen LogP contribution < -0.4 is 5.32 Å². The Balaban J connectivity index is 2.04. The standard InChI is InChI=1S/C16H23FN2O4S/c1-12(10-19-5-7-23-8-6-19)16(20)18-15-4-3-14(17)9-13(15)11-24(2,21)22/h3-4,9,12H,5-8,10-11H2,1-2H3,(H,18,20)/t12-/m0/s1. The van der Waals surface area contributed by atoms with Crippen molar-refractivity contribution in [1.82, 2.24) is 4.90 Å². The summed E-state index contributed by atoms with van der Waals surface area (Å²) in [5.74, 6) is -1.35. The smallest absolute Gasteiger partial charge is 0.228 e. The topological polar surface area (TPSA) is 75.7 Å². The molecule has 1 N–H and O–H groups in total. The molecule has 0 radical (unpaired) electrons. The van der Waals surface area contributed by atoms with Gasteiger partial charge in [-0.2, -0.15) is 0 Å².